The maximum atomic E-state index is 12.1. The number of alkyl halides is 3. The van der Waals surface area contributed by atoms with E-state index in [9.17, 15) is 26.4 Å². The van der Waals surface area contributed by atoms with Gasteiger partial charge in [-0.25, -0.2) is 8.42 Å². The van der Waals surface area contributed by atoms with Crippen LogP contribution in [0.2, 0.25) is 15.1 Å². The van der Waals surface area contributed by atoms with Crippen molar-refractivity contribution in [2.75, 3.05) is 6.54 Å². The fraction of sp³-hybridized carbons (Fsp3) is 0.222. The van der Waals surface area contributed by atoms with Gasteiger partial charge < -0.3 is 5.32 Å². The van der Waals surface area contributed by atoms with Crippen molar-refractivity contribution >= 4 is 60.4 Å². The van der Waals surface area contributed by atoms with E-state index in [2.05, 4.69) is 0 Å². The van der Waals surface area contributed by atoms with Crippen LogP contribution in [-0.4, -0.2) is 27.0 Å². The van der Waals surface area contributed by atoms with E-state index in [-0.39, 0.29) is 0 Å². The lowest BCUT2D eigenvalue weighted by atomic mass is 10.2. The molecular weight excluding hydrogens is 401 g/mol. The highest BCUT2D eigenvalue weighted by molar-refractivity contribution is 8.13. The van der Waals surface area contributed by atoms with Crippen LogP contribution in [-0.2, 0) is 9.05 Å². The molecule has 21 heavy (non-hydrogen) atoms. The minimum absolute atomic E-state index is 0.405. The van der Waals surface area contributed by atoms with Crippen LogP contribution in [0.1, 0.15) is 10.4 Å². The van der Waals surface area contributed by atoms with Gasteiger partial charge in [0.25, 0.3) is 15.0 Å². The number of carbonyl (C=O) groups excluding carboxylic acids is 1. The van der Waals surface area contributed by atoms with E-state index >= 15 is 0 Å². The first-order valence-electron chi connectivity index (χ1n) is 4.81. The van der Waals surface area contributed by atoms with E-state index in [1.165, 1.54) is 5.32 Å². The zero-order valence-electron chi connectivity index (χ0n) is 9.56. The van der Waals surface area contributed by atoms with E-state index < -0.39 is 53.2 Å². The molecule has 1 rings (SSSR count). The molecule has 0 aliphatic carbocycles. The summed E-state index contributed by atoms with van der Waals surface area (Å²) in [4.78, 5) is 10.9. The fourth-order valence-corrected chi connectivity index (χ4v) is 3.38. The van der Waals surface area contributed by atoms with E-state index in [1.807, 2.05) is 0 Å². The number of halogens is 7. The van der Waals surface area contributed by atoms with Gasteiger partial charge in [0.1, 0.15) is 11.4 Å². The molecule has 1 aromatic carbocycles. The van der Waals surface area contributed by atoms with Crippen molar-refractivity contribution in [2.45, 2.75) is 11.1 Å². The number of rotatable bonds is 3. The summed E-state index contributed by atoms with van der Waals surface area (Å²) in [5.41, 5.74) is -0.714. The van der Waals surface area contributed by atoms with Crippen molar-refractivity contribution in [3.8, 4) is 0 Å². The quantitative estimate of drug-likeness (QED) is 0.614. The Bertz CT molecular complexity index is 690. The number of hydrogen-bond acceptors (Lipinski definition) is 3. The Labute approximate surface area is 136 Å². The van der Waals surface area contributed by atoms with Gasteiger partial charge in [-0.15, -0.1) is 0 Å². The molecule has 0 heterocycles. The number of carbonyl (C=O) groups is 1. The SMILES string of the molecule is O=C(NCC(F)(F)F)c1c(Cl)c(Cl)cc(S(=O)(=O)Cl)c1Cl. The van der Waals surface area contributed by atoms with Gasteiger partial charge in [0, 0.05) is 10.7 Å². The van der Waals surface area contributed by atoms with Gasteiger partial charge in [0.15, 0.2) is 0 Å². The number of hydrogen-bond donors (Lipinski definition) is 1. The van der Waals surface area contributed by atoms with Gasteiger partial charge in [0.2, 0.25) is 0 Å². The third-order valence-electron chi connectivity index (χ3n) is 2.06. The summed E-state index contributed by atoms with van der Waals surface area (Å²) in [6.45, 7) is -1.66. The van der Waals surface area contributed by atoms with E-state index in [0.29, 0.717) is 0 Å². The summed E-state index contributed by atoms with van der Waals surface area (Å²) >= 11 is 17.0. The number of benzene rings is 1. The van der Waals surface area contributed by atoms with Crippen molar-refractivity contribution in [2.24, 2.45) is 0 Å². The highest BCUT2D eigenvalue weighted by Gasteiger charge is 2.31. The van der Waals surface area contributed by atoms with Gasteiger partial charge in [-0.1, -0.05) is 34.8 Å². The van der Waals surface area contributed by atoms with Crippen LogP contribution in [0.3, 0.4) is 0 Å². The molecule has 0 aliphatic heterocycles. The third-order valence-corrected chi connectivity index (χ3v) is 4.70. The lowest BCUT2D eigenvalue weighted by Crippen LogP contribution is -2.34. The zero-order valence-corrected chi connectivity index (χ0v) is 13.4. The third kappa shape index (κ3) is 4.79. The summed E-state index contributed by atoms with van der Waals surface area (Å²) in [5, 5.41) is -0.126. The van der Waals surface area contributed by atoms with Gasteiger partial charge in [-0.05, 0) is 6.07 Å². The topological polar surface area (TPSA) is 63.2 Å². The Morgan fingerprint density at radius 3 is 2.14 bits per heavy atom. The van der Waals surface area contributed by atoms with Gasteiger partial charge in [-0.3, -0.25) is 4.79 Å². The number of amides is 1. The second-order valence-corrected chi connectivity index (χ2v) is 7.29. The van der Waals surface area contributed by atoms with Crippen molar-refractivity contribution in [3.05, 3.63) is 26.7 Å². The predicted octanol–water partition coefficient (Wildman–Crippen LogP) is 3.87. The van der Waals surface area contributed by atoms with Crippen LogP contribution in [0.15, 0.2) is 11.0 Å². The molecule has 1 N–H and O–H groups in total. The van der Waals surface area contributed by atoms with Crippen molar-refractivity contribution in [1.29, 1.82) is 0 Å². The van der Waals surface area contributed by atoms with Crippen molar-refractivity contribution in [3.63, 3.8) is 0 Å². The summed E-state index contributed by atoms with van der Waals surface area (Å²) in [6.07, 6.45) is -4.67. The molecule has 0 aliphatic rings. The van der Waals surface area contributed by atoms with Crippen LogP contribution >= 0.6 is 45.5 Å². The molecule has 0 saturated heterocycles. The highest BCUT2D eigenvalue weighted by Crippen LogP contribution is 2.38. The van der Waals surface area contributed by atoms with Gasteiger partial charge in [0.05, 0.1) is 20.6 Å². The fourth-order valence-electron chi connectivity index (χ4n) is 1.23. The molecule has 0 bridgehead atoms. The molecule has 0 aromatic heterocycles. The molecule has 0 unspecified atom stereocenters. The maximum absolute atomic E-state index is 12.1. The molecule has 0 fully saturated rings. The zero-order chi connectivity index (χ0) is 16.6. The maximum Gasteiger partial charge on any atom is 0.405 e. The summed E-state index contributed by atoms with van der Waals surface area (Å²) in [5.74, 6) is -1.34. The first-order valence-corrected chi connectivity index (χ1v) is 8.26. The van der Waals surface area contributed by atoms with Gasteiger partial charge >= 0.3 is 6.18 Å². The molecule has 118 valence electrons. The molecule has 4 nitrogen and oxygen atoms in total. The lowest BCUT2D eigenvalue weighted by Gasteiger charge is -2.13. The molecule has 0 radical (unpaired) electrons. The summed E-state index contributed by atoms with van der Waals surface area (Å²) in [6, 6.07) is 0.787. The molecule has 0 spiro atoms. The van der Waals surface area contributed by atoms with E-state index in [0.717, 1.165) is 6.07 Å². The lowest BCUT2D eigenvalue weighted by molar-refractivity contribution is -0.123. The van der Waals surface area contributed by atoms with Crippen LogP contribution in [0.25, 0.3) is 0 Å². The van der Waals surface area contributed by atoms with Crippen LogP contribution in [0.5, 0.6) is 0 Å². The second kappa shape index (κ2) is 6.37. The summed E-state index contributed by atoms with van der Waals surface area (Å²) < 4.78 is 58.7. The molecule has 1 aromatic rings. The van der Waals surface area contributed by atoms with E-state index in [1.54, 1.807) is 0 Å². The summed E-state index contributed by atoms with van der Waals surface area (Å²) in [7, 11) is 0.712. The monoisotopic (exact) mass is 403 g/mol. The standard InChI is InChI=1S/C9H4Cl4F3NO3S/c10-3-1-4(21(13,19)20)7(12)5(6(3)11)8(18)17-2-9(14,15)16/h1H,2H2,(H,17,18). The molecule has 0 saturated carbocycles. The Morgan fingerprint density at radius 2 is 1.71 bits per heavy atom. The minimum Gasteiger partial charge on any atom is -0.343 e. The van der Waals surface area contributed by atoms with Crippen molar-refractivity contribution in [1.82, 2.24) is 5.32 Å². The average molecular weight is 405 g/mol. The average Bonchev–Trinajstić information content (AvgIpc) is 2.29. The smallest absolute Gasteiger partial charge is 0.343 e. The van der Waals surface area contributed by atoms with Gasteiger partial charge in [-0.2, -0.15) is 13.2 Å². The normalized spacial score (nSPS) is 12.3. The van der Waals surface area contributed by atoms with Crippen molar-refractivity contribution < 1.29 is 26.4 Å². The first-order chi connectivity index (χ1) is 9.34. The Morgan fingerprint density at radius 1 is 1.19 bits per heavy atom. The Hall–Kier alpha value is -0.410. The Balaban J connectivity index is 3.36. The van der Waals surface area contributed by atoms with Crippen LogP contribution in [0.4, 0.5) is 13.2 Å². The molecule has 12 heteroatoms. The predicted molar refractivity (Wildman–Crippen MR) is 72.9 cm³/mol. The largest absolute Gasteiger partial charge is 0.405 e. The minimum atomic E-state index is -4.67. The molecular formula is C9H4Cl4F3NO3S. The highest BCUT2D eigenvalue weighted by atomic mass is 35.7. The van der Waals surface area contributed by atoms with Crippen LogP contribution in [0, 0.1) is 0 Å². The Kier molecular flexibility index (Phi) is 5.66. The second-order valence-electron chi connectivity index (χ2n) is 3.60. The van der Waals surface area contributed by atoms with E-state index in [4.69, 9.17) is 45.5 Å². The van der Waals surface area contributed by atoms with Crippen LogP contribution < -0.4 is 5.32 Å². The number of nitrogens with one attached hydrogen (secondary N) is 1. The first kappa shape index (κ1) is 18.6. The molecule has 1 amide bonds. The molecule has 0 atom stereocenters.